The average Bonchev–Trinajstić information content (AvgIpc) is 2.96. The minimum absolute atomic E-state index is 0.120. The Morgan fingerprint density at radius 2 is 1.25 bits per heavy atom. The molecule has 202 valence electrons. The number of nitro groups is 2. The molecule has 14 nitrogen and oxygen atoms in total. The predicted molar refractivity (Wildman–Crippen MR) is 144 cm³/mol. The molecule has 0 fully saturated rings. The van der Waals surface area contributed by atoms with E-state index in [2.05, 4.69) is 31.7 Å². The zero-order valence-electron chi connectivity index (χ0n) is 20.7. The topological polar surface area (TPSA) is 194 Å². The lowest BCUT2D eigenvalue weighted by molar-refractivity contribution is -0.384. The van der Waals surface area contributed by atoms with Gasteiger partial charge in [0.1, 0.15) is 6.33 Å². The number of hydrogen-bond donors (Lipinski definition) is 4. The lowest BCUT2D eigenvalue weighted by Crippen LogP contribution is -2.35. The number of hydrogen-bond acceptors (Lipinski definition) is 10. The molecule has 4 N–H and O–H groups in total. The van der Waals surface area contributed by atoms with Gasteiger partial charge in [0.15, 0.2) is 0 Å². The number of amides is 2. The summed E-state index contributed by atoms with van der Waals surface area (Å²) < 4.78 is 0. The number of nitrogens with one attached hydrogen (secondary N) is 4. The summed E-state index contributed by atoms with van der Waals surface area (Å²) in [4.78, 5) is 54.6. The van der Waals surface area contributed by atoms with Crippen LogP contribution >= 0.6 is 0 Å². The van der Waals surface area contributed by atoms with Crippen LogP contribution in [0.25, 0.3) is 0 Å². The van der Waals surface area contributed by atoms with E-state index in [9.17, 15) is 29.8 Å². The van der Waals surface area contributed by atoms with Crippen LogP contribution in [0.5, 0.6) is 0 Å². The Labute approximate surface area is 226 Å². The van der Waals surface area contributed by atoms with E-state index < -0.39 is 33.3 Å². The number of carbonyl (C=O) groups excluding carboxylic acids is 2. The Kier molecular flexibility index (Phi) is 8.51. The van der Waals surface area contributed by atoms with Crippen molar-refractivity contribution in [3.8, 4) is 0 Å². The van der Waals surface area contributed by atoms with Crippen molar-refractivity contribution in [1.29, 1.82) is 0 Å². The fraction of sp³-hybridized carbons (Fsp3) is 0.0769. The van der Waals surface area contributed by atoms with Gasteiger partial charge in [0, 0.05) is 12.1 Å². The monoisotopic (exact) mass is 542 g/mol. The van der Waals surface area contributed by atoms with E-state index in [0.717, 1.165) is 6.33 Å². The molecule has 0 aliphatic carbocycles. The molecule has 0 radical (unpaired) electrons. The summed E-state index contributed by atoms with van der Waals surface area (Å²) in [7, 11) is 0. The molecule has 0 atom stereocenters. The molecule has 0 spiro atoms. The van der Waals surface area contributed by atoms with Gasteiger partial charge in [-0.2, -0.15) is 0 Å². The van der Waals surface area contributed by atoms with Crippen LogP contribution in [-0.2, 0) is 16.0 Å². The third-order valence-electron chi connectivity index (χ3n) is 5.67. The van der Waals surface area contributed by atoms with Crippen LogP contribution in [0.3, 0.4) is 0 Å². The molecule has 1 heterocycles. The van der Waals surface area contributed by atoms with Gasteiger partial charge in [-0.3, -0.25) is 51.5 Å². The van der Waals surface area contributed by atoms with Gasteiger partial charge in [-0.15, -0.1) is 0 Å². The highest BCUT2D eigenvalue weighted by Gasteiger charge is 2.26. The number of carbonyl (C=O) groups is 2. The van der Waals surface area contributed by atoms with Gasteiger partial charge in [0.05, 0.1) is 22.2 Å². The number of rotatable bonds is 11. The molecule has 0 unspecified atom stereocenters. The maximum Gasteiger partial charge on any atom is 0.356 e. The minimum Gasteiger partial charge on any atom is -0.276 e. The van der Waals surface area contributed by atoms with Gasteiger partial charge in [0.25, 0.3) is 5.69 Å². The molecular weight excluding hydrogens is 520 g/mol. The van der Waals surface area contributed by atoms with Crippen LogP contribution in [0.1, 0.15) is 22.6 Å². The Morgan fingerprint density at radius 1 is 0.725 bits per heavy atom. The van der Waals surface area contributed by atoms with Crippen molar-refractivity contribution in [1.82, 2.24) is 20.8 Å². The molecule has 0 saturated carbocycles. The lowest BCUT2D eigenvalue weighted by atomic mass is 9.91. The smallest absolute Gasteiger partial charge is 0.276 e. The van der Waals surface area contributed by atoms with Gasteiger partial charge >= 0.3 is 5.69 Å². The summed E-state index contributed by atoms with van der Waals surface area (Å²) >= 11 is 0. The van der Waals surface area contributed by atoms with E-state index in [0.29, 0.717) is 16.7 Å². The molecule has 0 aliphatic heterocycles. The standard InChI is InChI=1S/C26H22N8O6/c35-21(15-17-11-13-20(14-12-17)33(37)38)29-30-24-23(34(39)40)25(28-16-27-24)31-32-26(36)22(18-7-3-1-4-8-18)19-9-5-2-6-10-19/h1-14,16,22H,15H2,(H,29,35)(H,32,36)(H2,27,28,30,31). The lowest BCUT2D eigenvalue weighted by Gasteiger charge is -2.18. The zero-order chi connectivity index (χ0) is 28.5. The highest BCUT2D eigenvalue weighted by atomic mass is 16.6. The quantitative estimate of drug-likeness (QED) is 0.161. The highest BCUT2D eigenvalue weighted by molar-refractivity contribution is 5.88. The van der Waals surface area contributed by atoms with E-state index in [-0.39, 0.29) is 23.7 Å². The first-order chi connectivity index (χ1) is 19.3. The molecule has 40 heavy (non-hydrogen) atoms. The van der Waals surface area contributed by atoms with E-state index in [1.807, 2.05) is 12.1 Å². The van der Waals surface area contributed by atoms with Gasteiger partial charge in [-0.25, -0.2) is 9.97 Å². The van der Waals surface area contributed by atoms with Crippen LogP contribution in [0.15, 0.2) is 91.3 Å². The fourth-order valence-corrected chi connectivity index (χ4v) is 3.81. The first-order valence-electron chi connectivity index (χ1n) is 11.8. The van der Waals surface area contributed by atoms with Crippen molar-refractivity contribution in [2.24, 2.45) is 0 Å². The largest absolute Gasteiger partial charge is 0.356 e. The fourth-order valence-electron chi connectivity index (χ4n) is 3.81. The van der Waals surface area contributed by atoms with Gasteiger partial charge < -0.3 is 0 Å². The van der Waals surface area contributed by atoms with E-state index in [4.69, 9.17) is 0 Å². The van der Waals surface area contributed by atoms with E-state index in [1.54, 1.807) is 48.5 Å². The predicted octanol–water partition coefficient (Wildman–Crippen LogP) is 3.25. The average molecular weight is 543 g/mol. The number of aromatic nitrogens is 2. The normalized spacial score (nSPS) is 10.4. The van der Waals surface area contributed by atoms with Gasteiger partial charge in [-0.1, -0.05) is 72.8 Å². The molecule has 0 saturated heterocycles. The Morgan fingerprint density at radius 3 is 1.75 bits per heavy atom. The maximum absolute atomic E-state index is 13.2. The molecule has 0 bridgehead atoms. The molecule has 2 amide bonds. The number of benzene rings is 3. The summed E-state index contributed by atoms with van der Waals surface area (Å²) in [6.07, 6.45) is 0.851. The zero-order valence-corrected chi connectivity index (χ0v) is 20.7. The van der Waals surface area contributed by atoms with Crippen LogP contribution in [0.2, 0.25) is 0 Å². The third-order valence-corrected chi connectivity index (χ3v) is 5.67. The summed E-state index contributed by atoms with van der Waals surface area (Å²) in [5.74, 6) is -2.45. The number of nitrogens with zero attached hydrogens (tertiary/aromatic N) is 4. The van der Waals surface area contributed by atoms with Crippen LogP contribution in [0, 0.1) is 20.2 Å². The first kappa shape index (κ1) is 27.1. The summed E-state index contributed by atoms with van der Waals surface area (Å²) in [6.45, 7) is 0. The second-order valence-corrected chi connectivity index (χ2v) is 8.32. The van der Waals surface area contributed by atoms with E-state index >= 15 is 0 Å². The van der Waals surface area contributed by atoms with Crippen molar-refractivity contribution >= 4 is 34.8 Å². The SMILES string of the molecule is O=C(Cc1ccc([N+](=O)[O-])cc1)NNc1ncnc(NNC(=O)C(c2ccccc2)c2ccccc2)c1[N+](=O)[O-]. The van der Waals surface area contributed by atoms with Crippen molar-refractivity contribution < 1.29 is 19.4 Å². The summed E-state index contributed by atoms with van der Waals surface area (Å²) in [5, 5.41) is 22.6. The van der Waals surface area contributed by atoms with Crippen molar-refractivity contribution in [3.05, 3.63) is 128 Å². The Bertz CT molecular complexity index is 1480. The van der Waals surface area contributed by atoms with Crippen molar-refractivity contribution in [3.63, 3.8) is 0 Å². The molecule has 4 rings (SSSR count). The second kappa shape index (κ2) is 12.6. The van der Waals surface area contributed by atoms with E-state index in [1.165, 1.54) is 24.3 Å². The number of nitro benzene ring substituents is 1. The highest BCUT2D eigenvalue weighted by Crippen LogP contribution is 2.29. The second-order valence-electron chi connectivity index (χ2n) is 8.32. The molecule has 0 aliphatic rings. The molecule has 14 heteroatoms. The summed E-state index contributed by atoms with van der Waals surface area (Å²) in [6, 6.07) is 23.4. The van der Waals surface area contributed by atoms with Crippen LogP contribution in [-0.4, -0.2) is 31.6 Å². The Hall–Kier alpha value is -5.92. The van der Waals surface area contributed by atoms with Crippen LogP contribution < -0.4 is 21.7 Å². The van der Waals surface area contributed by atoms with Crippen LogP contribution in [0.4, 0.5) is 23.0 Å². The number of anilines is 2. The third kappa shape index (κ3) is 6.69. The first-order valence-corrected chi connectivity index (χ1v) is 11.8. The number of hydrazine groups is 2. The molecule has 4 aromatic rings. The van der Waals surface area contributed by atoms with Crippen molar-refractivity contribution in [2.75, 3.05) is 10.9 Å². The summed E-state index contributed by atoms with van der Waals surface area (Å²) in [5.41, 5.74) is 10.8. The van der Waals surface area contributed by atoms with Gasteiger partial charge in [0.2, 0.25) is 23.5 Å². The maximum atomic E-state index is 13.2. The minimum atomic E-state index is -0.773. The Balaban J connectivity index is 1.46. The van der Waals surface area contributed by atoms with Gasteiger partial charge in [-0.05, 0) is 16.7 Å². The molecule has 3 aromatic carbocycles. The molecular formula is C26H22N8O6. The molecule has 1 aromatic heterocycles. The number of non-ortho nitro benzene ring substituents is 1. The van der Waals surface area contributed by atoms with Crippen molar-refractivity contribution in [2.45, 2.75) is 12.3 Å².